The Hall–Kier alpha value is -2.94. The van der Waals surface area contributed by atoms with Gasteiger partial charge >= 0.3 is 6.18 Å². The number of carbonyl (C=O) groups excluding carboxylic acids is 1. The Morgan fingerprint density at radius 1 is 1.24 bits per heavy atom. The lowest BCUT2D eigenvalue weighted by Crippen LogP contribution is -2.28. The molecular weight excluding hydrogens is 406 g/mol. The molecule has 9 heteroatoms. The van der Waals surface area contributed by atoms with Crippen LogP contribution in [-0.4, -0.2) is 10.9 Å². The summed E-state index contributed by atoms with van der Waals surface area (Å²) in [5.74, 6) is -1.68. The van der Waals surface area contributed by atoms with Crippen LogP contribution >= 0.6 is 11.3 Å². The van der Waals surface area contributed by atoms with E-state index in [1.165, 1.54) is 29.5 Å². The fourth-order valence-electron chi connectivity index (χ4n) is 2.71. The van der Waals surface area contributed by atoms with Crippen LogP contribution in [0.1, 0.15) is 29.7 Å². The highest BCUT2D eigenvalue weighted by atomic mass is 32.1. The predicted octanol–water partition coefficient (Wildman–Crippen LogP) is 4.97. The van der Waals surface area contributed by atoms with Gasteiger partial charge in [0.25, 0.3) is 0 Å². The molecule has 3 rings (SSSR count). The topological polar surface area (TPSA) is 68.0 Å². The van der Waals surface area contributed by atoms with Gasteiger partial charge in [-0.05, 0) is 47.7 Å². The van der Waals surface area contributed by atoms with Crippen molar-refractivity contribution in [2.75, 3.05) is 5.73 Å². The summed E-state index contributed by atoms with van der Waals surface area (Å²) in [7, 11) is 0. The van der Waals surface area contributed by atoms with Crippen molar-refractivity contribution in [2.45, 2.75) is 25.6 Å². The summed E-state index contributed by atoms with van der Waals surface area (Å²) >= 11 is 1.25. The van der Waals surface area contributed by atoms with Crippen molar-refractivity contribution in [1.82, 2.24) is 10.3 Å². The lowest BCUT2D eigenvalue weighted by Gasteiger charge is -2.15. The molecule has 0 bridgehead atoms. The number of nitrogens with two attached hydrogens (primary N) is 1. The smallest absolute Gasteiger partial charge is 0.396 e. The molecule has 2 heterocycles. The molecule has 0 saturated carbocycles. The molecule has 1 amide bonds. The second-order valence-corrected chi connectivity index (χ2v) is 7.35. The third-order valence-corrected chi connectivity index (χ3v) is 5.27. The number of nitrogen functional groups attached to an aromatic ring is 1. The Labute approximate surface area is 168 Å². The van der Waals surface area contributed by atoms with E-state index in [1.54, 1.807) is 30.5 Å². The molecule has 0 aliphatic heterocycles. The summed E-state index contributed by atoms with van der Waals surface area (Å²) in [5, 5.41) is 4.42. The highest BCUT2D eigenvalue weighted by Gasteiger charge is 2.33. The zero-order chi connectivity index (χ0) is 21.2. The van der Waals surface area contributed by atoms with Gasteiger partial charge in [0.1, 0.15) is 11.5 Å². The Morgan fingerprint density at radius 2 is 2.00 bits per heavy atom. The van der Waals surface area contributed by atoms with E-state index in [1.807, 2.05) is 0 Å². The fraction of sp³-hybridized carbons (Fsp3) is 0.200. The molecule has 0 radical (unpaired) electrons. The number of halogens is 4. The number of hydrogen-bond acceptors (Lipinski definition) is 4. The van der Waals surface area contributed by atoms with Crippen molar-refractivity contribution < 1.29 is 22.4 Å². The standard InChI is InChI=1S/C20H17F4N3OS/c1-11(12-4-6-15(25)14(21)9-12)19(28)26-10-13-5-7-17(20(22,23)24)27-18(13)16-3-2-8-29-16/h2-9,11H,10,25H2,1H3,(H,26,28). The van der Waals surface area contributed by atoms with Gasteiger partial charge in [-0.15, -0.1) is 11.3 Å². The zero-order valence-electron chi connectivity index (χ0n) is 15.3. The predicted molar refractivity (Wildman–Crippen MR) is 104 cm³/mol. The Balaban J connectivity index is 1.80. The van der Waals surface area contributed by atoms with Gasteiger partial charge in [-0.25, -0.2) is 9.37 Å². The SMILES string of the molecule is CC(C(=O)NCc1ccc(C(F)(F)F)nc1-c1cccs1)c1ccc(N)c(F)c1. The molecule has 0 aliphatic rings. The monoisotopic (exact) mass is 423 g/mol. The maximum Gasteiger partial charge on any atom is 0.433 e. The number of thiophene rings is 1. The van der Waals surface area contributed by atoms with E-state index >= 15 is 0 Å². The summed E-state index contributed by atoms with van der Waals surface area (Å²) in [6.07, 6.45) is -4.57. The number of amides is 1. The molecule has 3 N–H and O–H groups in total. The quantitative estimate of drug-likeness (QED) is 0.450. The van der Waals surface area contributed by atoms with Crippen molar-refractivity contribution in [3.8, 4) is 10.6 Å². The van der Waals surface area contributed by atoms with E-state index < -0.39 is 29.5 Å². The van der Waals surface area contributed by atoms with Crippen molar-refractivity contribution in [3.63, 3.8) is 0 Å². The van der Waals surface area contributed by atoms with E-state index in [0.717, 1.165) is 6.07 Å². The lowest BCUT2D eigenvalue weighted by molar-refractivity contribution is -0.141. The number of anilines is 1. The minimum atomic E-state index is -4.57. The zero-order valence-corrected chi connectivity index (χ0v) is 16.1. The first-order chi connectivity index (χ1) is 13.7. The minimum Gasteiger partial charge on any atom is -0.396 e. The largest absolute Gasteiger partial charge is 0.433 e. The van der Waals surface area contributed by atoms with Gasteiger partial charge in [-0.1, -0.05) is 18.2 Å². The van der Waals surface area contributed by atoms with E-state index in [2.05, 4.69) is 10.3 Å². The second-order valence-electron chi connectivity index (χ2n) is 6.40. The molecule has 0 saturated heterocycles. The lowest BCUT2D eigenvalue weighted by atomic mass is 9.99. The third-order valence-electron chi connectivity index (χ3n) is 4.39. The molecule has 152 valence electrons. The van der Waals surface area contributed by atoms with Crippen molar-refractivity contribution in [1.29, 1.82) is 0 Å². The number of aromatic nitrogens is 1. The maximum atomic E-state index is 13.6. The van der Waals surface area contributed by atoms with Gasteiger partial charge in [-0.2, -0.15) is 13.2 Å². The summed E-state index contributed by atoms with van der Waals surface area (Å²) < 4.78 is 52.8. The van der Waals surface area contributed by atoms with Crippen LogP contribution in [-0.2, 0) is 17.5 Å². The number of nitrogens with one attached hydrogen (secondary N) is 1. The summed E-state index contributed by atoms with van der Waals surface area (Å²) in [4.78, 5) is 16.8. The van der Waals surface area contributed by atoms with Gasteiger partial charge in [0.05, 0.1) is 22.2 Å². The van der Waals surface area contributed by atoms with Crippen LogP contribution in [0.25, 0.3) is 10.6 Å². The van der Waals surface area contributed by atoms with Gasteiger partial charge in [-0.3, -0.25) is 4.79 Å². The van der Waals surface area contributed by atoms with E-state index in [9.17, 15) is 22.4 Å². The molecule has 2 aromatic heterocycles. The van der Waals surface area contributed by atoms with E-state index in [-0.39, 0.29) is 17.9 Å². The molecule has 1 aromatic carbocycles. The summed E-state index contributed by atoms with van der Waals surface area (Å²) in [6.45, 7) is 1.59. The third kappa shape index (κ3) is 4.73. The van der Waals surface area contributed by atoms with Crippen LogP contribution in [0.4, 0.5) is 23.2 Å². The first-order valence-electron chi connectivity index (χ1n) is 8.60. The minimum absolute atomic E-state index is 0.0149. The average molecular weight is 423 g/mol. The number of benzene rings is 1. The Morgan fingerprint density at radius 3 is 2.62 bits per heavy atom. The highest BCUT2D eigenvalue weighted by Crippen LogP contribution is 2.33. The summed E-state index contributed by atoms with van der Waals surface area (Å²) in [5.41, 5.74) is 5.49. The van der Waals surface area contributed by atoms with Crippen molar-refractivity contribution in [3.05, 3.63) is 70.5 Å². The molecule has 1 atom stereocenters. The Kier molecular flexibility index (Phi) is 5.88. The number of rotatable bonds is 5. The normalized spacial score (nSPS) is 12.6. The van der Waals surface area contributed by atoms with E-state index in [4.69, 9.17) is 5.73 Å². The highest BCUT2D eigenvalue weighted by molar-refractivity contribution is 7.13. The number of carbonyl (C=O) groups is 1. The van der Waals surface area contributed by atoms with Crippen molar-refractivity contribution in [2.24, 2.45) is 0 Å². The molecule has 3 aromatic rings. The van der Waals surface area contributed by atoms with Gasteiger partial charge in [0.15, 0.2) is 0 Å². The van der Waals surface area contributed by atoms with Crippen LogP contribution in [0.15, 0.2) is 47.8 Å². The molecule has 0 fully saturated rings. The van der Waals surface area contributed by atoms with Crippen LogP contribution in [0.3, 0.4) is 0 Å². The number of alkyl halides is 3. The average Bonchev–Trinajstić information content (AvgIpc) is 3.21. The number of pyridine rings is 1. The van der Waals surface area contributed by atoms with Crippen LogP contribution in [0, 0.1) is 5.82 Å². The van der Waals surface area contributed by atoms with Crippen LogP contribution in [0.5, 0.6) is 0 Å². The first-order valence-corrected chi connectivity index (χ1v) is 9.48. The molecule has 0 spiro atoms. The molecular formula is C20H17F4N3OS. The van der Waals surface area contributed by atoms with Crippen LogP contribution < -0.4 is 11.1 Å². The van der Waals surface area contributed by atoms with E-state index in [0.29, 0.717) is 16.0 Å². The molecule has 1 unspecified atom stereocenters. The maximum absolute atomic E-state index is 13.6. The Bertz CT molecular complexity index is 1020. The fourth-order valence-corrected chi connectivity index (χ4v) is 3.46. The van der Waals surface area contributed by atoms with Gasteiger partial charge in [0.2, 0.25) is 5.91 Å². The number of hydrogen-bond donors (Lipinski definition) is 2. The molecule has 4 nitrogen and oxygen atoms in total. The van der Waals surface area contributed by atoms with Crippen LogP contribution in [0.2, 0.25) is 0 Å². The second kappa shape index (κ2) is 8.20. The number of nitrogens with zero attached hydrogens (tertiary/aromatic N) is 1. The molecule has 0 aliphatic carbocycles. The molecule has 29 heavy (non-hydrogen) atoms. The first kappa shape index (κ1) is 20.8. The van der Waals surface area contributed by atoms with Gasteiger partial charge < -0.3 is 11.1 Å². The van der Waals surface area contributed by atoms with Crippen molar-refractivity contribution >= 4 is 22.9 Å². The summed E-state index contributed by atoms with van der Waals surface area (Å²) in [6, 6.07) is 9.69. The van der Waals surface area contributed by atoms with Gasteiger partial charge in [0, 0.05) is 6.54 Å².